The van der Waals surface area contributed by atoms with E-state index in [2.05, 4.69) is 64.0 Å². The molecular weight excluding hydrogens is 276 g/mol. The van der Waals surface area contributed by atoms with Gasteiger partial charge in [0.25, 0.3) is 0 Å². The summed E-state index contributed by atoms with van der Waals surface area (Å²) >= 11 is 3.50. The summed E-state index contributed by atoms with van der Waals surface area (Å²) in [6.07, 6.45) is 1.19. The first kappa shape index (κ1) is 13.1. The Labute approximate surface area is 113 Å². The molecule has 17 heavy (non-hydrogen) atoms. The maximum absolute atomic E-state index is 3.50. The summed E-state index contributed by atoms with van der Waals surface area (Å²) in [6, 6.07) is 9.37. The Hall–Kier alpha value is -0.380. The minimum absolute atomic E-state index is 0.580. The van der Waals surface area contributed by atoms with Gasteiger partial charge in [-0.05, 0) is 31.2 Å². The first-order chi connectivity index (χ1) is 8.20. The van der Waals surface area contributed by atoms with E-state index in [9.17, 15) is 0 Å². The molecule has 2 rings (SSSR count). The van der Waals surface area contributed by atoms with Gasteiger partial charge in [-0.25, -0.2) is 0 Å². The van der Waals surface area contributed by atoms with Crippen molar-refractivity contribution in [2.75, 3.05) is 33.2 Å². The molecule has 3 heteroatoms. The minimum atomic E-state index is 0.580. The second kappa shape index (κ2) is 5.98. The van der Waals surface area contributed by atoms with E-state index in [4.69, 9.17) is 0 Å². The zero-order valence-electron chi connectivity index (χ0n) is 10.7. The number of rotatable bonds is 3. The molecule has 94 valence electrons. The average Bonchev–Trinajstić information content (AvgIpc) is 2.35. The number of nitrogens with zero attached hydrogens (tertiary/aromatic N) is 2. The van der Waals surface area contributed by atoms with Gasteiger partial charge in [0, 0.05) is 36.7 Å². The van der Waals surface area contributed by atoms with Crippen molar-refractivity contribution in [2.45, 2.75) is 19.4 Å². The van der Waals surface area contributed by atoms with Crippen LogP contribution in [0.15, 0.2) is 28.7 Å². The molecule has 2 nitrogen and oxygen atoms in total. The van der Waals surface area contributed by atoms with Crippen LogP contribution < -0.4 is 0 Å². The van der Waals surface area contributed by atoms with Gasteiger partial charge in [-0.2, -0.15) is 0 Å². The van der Waals surface area contributed by atoms with E-state index in [1.54, 1.807) is 0 Å². The quantitative estimate of drug-likeness (QED) is 0.845. The van der Waals surface area contributed by atoms with E-state index in [1.165, 1.54) is 38.2 Å². The Morgan fingerprint density at radius 2 is 1.71 bits per heavy atom. The van der Waals surface area contributed by atoms with E-state index in [0.717, 1.165) is 4.47 Å². The lowest BCUT2D eigenvalue weighted by Gasteiger charge is -2.38. The lowest BCUT2D eigenvalue weighted by Crippen LogP contribution is -2.45. The molecule has 1 saturated heterocycles. The van der Waals surface area contributed by atoms with Gasteiger partial charge < -0.3 is 4.90 Å². The summed E-state index contributed by atoms with van der Waals surface area (Å²) in [7, 11) is 2.21. The van der Waals surface area contributed by atoms with Crippen molar-refractivity contribution < 1.29 is 0 Å². The third-order valence-electron chi connectivity index (χ3n) is 3.62. The van der Waals surface area contributed by atoms with Gasteiger partial charge in [-0.15, -0.1) is 0 Å². The van der Waals surface area contributed by atoms with E-state index in [0.29, 0.717) is 6.04 Å². The summed E-state index contributed by atoms with van der Waals surface area (Å²) in [5, 5.41) is 0. The summed E-state index contributed by atoms with van der Waals surface area (Å²) in [5.41, 5.74) is 1.44. The summed E-state index contributed by atoms with van der Waals surface area (Å²) < 4.78 is 1.16. The molecule has 0 aliphatic carbocycles. The van der Waals surface area contributed by atoms with Crippen LogP contribution >= 0.6 is 15.9 Å². The van der Waals surface area contributed by atoms with Crippen LogP contribution in [0.5, 0.6) is 0 Å². The van der Waals surface area contributed by atoms with Crippen molar-refractivity contribution in [1.29, 1.82) is 0 Å². The van der Waals surface area contributed by atoms with Crippen LogP contribution in [0.4, 0.5) is 0 Å². The van der Waals surface area contributed by atoms with Gasteiger partial charge in [0.05, 0.1) is 0 Å². The lowest BCUT2D eigenvalue weighted by atomic mass is 10.0. The van der Waals surface area contributed by atoms with Crippen molar-refractivity contribution in [1.82, 2.24) is 9.80 Å². The number of hydrogen-bond acceptors (Lipinski definition) is 2. The number of likely N-dealkylation sites (N-methyl/N-ethyl adjacent to an activating group) is 1. The van der Waals surface area contributed by atoms with Crippen LogP contribution in [0, 0.1) is 0 Å². The van der Waals surface area contributed by atoms with Crippen molar-refractivity contribution in [3.05, 3.63) is 34.3 Å². The zero-order valence-corrected chi connectivity index (χ0v) is 12.3. The molecule has 1 aromatic rings. The highest BCUT2D eigenvalue weighted by molar-refractivity contribution is 9.10. The van der Waals surface area contributed by atoms with Crippen molar-refractivity contribution >= 4 is 15.9 Å². The standard InChI is InChI=1S/C14H21BrN2/c1-3-14(12-4-6-13(15)7-5-12)17-10-8-16(2)9-11-17/h4-7,14H,3,8-11H2,1-2H3. The fourth-order valence-electron chi connectivity index (χ4n) is 2.52. The lowest BCUT2D eigenvalue weighted by molar-refractivity contribution is 0.109. The zero-order chi connectivity index (χ0) is 12.3. The second-order valence-corrected chi connectivity index (χ2v) is 5.73. The number of piperazine rings is 1. The Morgan fingerprint density at radius 1 is 1.12 bits per heavy atom. The molecule has 0 radical (unpaired) electrons. The minimum Gasteiger partial charge on any atom is -0.304 e. The normalized spacial score (nSPS) is 20.4. The largest absolute Gasteiger partial charge is 0.304 e. The van der Waals surface area contributed by atoms with Crippen LogP contribution in [0.25, 0.3) is 0 Å². The molecular formula is C14H21BrN2. The molecule has 1 unspecified atom stereocenters. The topological polar surface area (TPSA) is 6.48 Å². The summed E-state index contributed by atoms with van der Waals surface area (Å²) in [6.45, 7) is 7.03. The second-order valence-electron chi connectivity index (χ2n) is 4.81. The molecule has 0 spiro atoms. The van der Waals surface area contributed by atoms with Gasteiger partial charge in [0.15, 0.2) is 0 Å². The third kappa shape index (κ3) is 3.30. The smallest absolute Gasteiger partial charge is 0.0346 e. The monoisotopic (exact) mass is 296 g/mol. The molecule has 1 aliphatic rings. The molecule has 1 fully saturated rings. The molecule has 0 saturated carbocycles. The molecule has 0 bridgehead atoms. The van der Waals surface area contributed by atoms with Gasteiger partial charge in [-0.1, -0.05) is 35.0 Å². The summed E-state index contributed by atoms with van der Waals surface area (Å²) in [4.78, 5) is 5.02. The van der Waals surface area contributed by atoms with Crippen LogP contribution in [-0.4, -0.2) is 43.0 Å². The Kier molecular flexibility index (Phi) is 4.60. The molecule has 1 aromatic carbocycles. The van der Waals surface area contributed by atoms with Gasteiger partial charge in [0.1, 0.15) is 0 Å². The third-order valence-corrected chi connectivity index (χ3v) is 4.15. The van der Waals surface area contributed by atoms with Crippen LogP contribution in [0.3, 0.4) is 0 Å². The fourth-order valence-corrected chi connectivity index (χ4v) is 2.79. The first-order valence-corrected chi connectivity index (χ1v) is 7.18. The summed E-state index contributed by atoms with van der Waals surface area (Å²) in [5.74, 6) is 0. The Morgan fingerprint density at radius 3 is 2.24 bits per heavy atom. The highest BCUT2D eigenvalue weighted by Crippen LogP contribution is 2.26. The van der Waals surface area contributed by atoms with Crippen LogP contribution in [0.2, 0.25) is 0 Å². The highest BCUT2D eigenvalue weighted by atomic mass is 79.9. The average molecular weight is 297 g/mol. The molecule has 1 atom stereocenters. The molecule has 0 aromatic heterocycles. The molecule has 0 N–H and O–H groups in total. The fraction of sp³-hybridized carbons (Fsp3) is 0.571. The van der Waals surface area contributed by atoms with Crippen molar-refractivity contribution in [3.8, 4) is 0 Å². The highest BCUT2D eigenvalue weighted by Gasteiger charge is 2.22. The first-order valence-electron chi connectivity index (χ1n) is 6.38. The van der Waals surface area contributed by atoms with Crippen LogP contribution in [0.1, 0.15) is 24.9 Å². The van der Waals surface area contributed by atoms with E-state index >= 15 is 0 Å². The predicted octanol–water partition coefficient (Wildman–Crippen LogP) is 3.15. The van der Waals surface area contributed by atoms with Gasteiger partial charge >= 0.3 is 0 Å². The SMILES string of the molecule is CCC(c1ccc(Br)cc1)N1CCN(C)CC1. The Balaban J connectivity index is 2.08. The molecule has 0 amide bonds. The van der Waals surface area contributed by atoms with E-state index in [-0.39, 0.29) is 0 Å². The number of halogens is 1. The number of benzene rings is 1. The number of hydrogen-bond donors (Lipinski definition) is 0. The van der Waals surface area contributed by atoms with E-state index in [1.807, 2.05) is 0 Å². The maximum atomic E-state index is 3.50. The van der Waals surface area contributed by atoms with Gasteiger partial charge in [-0.3, -0.25) is 4.90 Å². The molecule has 1 heterocycles. The van der Waals surface area contributed by atoms with Crippen molar-refractivity contribution in [3.63, 3.8) is 0 Å². The van der Waals surface area contributed by atoms with E-state index < -0.39 is 0 Å². The van der Waals surface area contributed by atoms with Gasteiger partial charge in [0.2, 0.25) is 0 Å². The Bertz CT molecular complexity index is 342. The predicted molar refractivity (Wildman–Crippen MR) is 76.2 cm³/mol. The van der Waals surface area contributed by atoms with Crippen LogP contribution in [-0.2, 0) is 0 Å². The molecule has 1 aliphatic heterocycles. The van der Waals surface area contributed by atoms with Crippen molar-refractivity contribution in [2.24, 2.45) is 0 Å². The maximum Gasteiger partial charge on any atom is 0.0346 e.